The van der Waals surface area contributed by atoms with Crippen LogP contribution in [-0.4, -0.2) is 74.6 Å². The fraction of sp³-hybridized carbons (Fsp3) is 0.607. The average Bonchev–Trinajstić information content (AvgIpc) is 3.26. The van der Waals surface area contributed by atoms with Crippen LogP contribution < -0.4 is 10.6 Å². The number of piperidine rings is 1. The third-order valence-electron chi connectivity index (χ3n) is 7.63. The number of nitrogens with one attached hydrogen (secondary N) is 2. The molecule has 1 atom stereocenters. The molecule has 0 bridgehead atoms. The number of likely N-dealkylation sites (N-methyl/N-ethyl adjacent to an activating group) is 1. The molecule has 2 saturated heterocycles. The number of rotatable bonds is 11. The predicted molar refractivity (Wildman–Crippen MR) is 138 cm³/mol. The van der Waals surface area contributed by atoms with Crippen LogP contribution in [0.3, 0.4) is 0 Å². The van der Waals surface area contributed by atoms with Gasteiger partial charge in [-0.3, -0.25) is 4.79 Å². The quantitative estimate of drug-likeness (QED) is 0.513. The molecule has 0 saturated carbocycles. The lowest BCUT2D eigenvalue weighted by Crippen LogP contribution is -2.41. The first-order chi connectivity index (χ1) is 16.2. The van der Waals surface area contributed by atoms with Crippen molar-refractivity contribution in [2.24, 2.45) is 5.92 Å². The van der Waals surface area contributed by atoms with Gasteiger partial charge in [-0.2, -0.15) is 0 Å². The minimum absolute atomic E-state index is 0.272. The summed E-state index contributed by atoms with van der Waals surface area (Å²) < 4.78 is 0. The van der Waals surface area contributed by atoms with Crippen LogP contribution >= 0.6 is 0 Å². The number of hydrogen-bond donors (Lipinski definition) is 2. The van der Waals surface area contributed by atoms with Gasteiger partial charge >= 0.3 is 0 Å². The summed E-state index contributed by atoms with van der Waals surface area (Å²) in [6, 6.07) is 15.4. The highest BCUT2D eigenvalue weighted by molar-refractivity contribution is 5.90. The fourth-order valence-corrected chi connectivity index (χ4v) is 5.42. The molecule has 2 N–H and O–H groups in total. The molecule has 0 spiro atoms. The second kappa shape index (κ2) is 12.5. The summed E-state index contributed by atoms with van der Waals surface area (Å²) >= 11 is 0. The summed E-state index contributed by atoms with van der Waals surface area (Å²) in [6.45, 7) is 7.51. The SMILES string of the molecule is CN1CCC[C@H]1CNCCCCNCC1CCN(C(=O)Cc2cccc3ccccc23)CC1. The minimum atomic E-state index is 0.272. The number of fused-ring (bicyclic) bond motifs is 1. The van der Waals surface area contributed by atoms with Crippen molar-refractivity contribution in [2.45, 2.75) is 51.0 Å². The monoisotopic (exact) mass is 450 g/mol. The molecule has 1 amide bonds. The van der Waals surface area contributed by atoms with Crippen molar-refractivity contribution in [2.75, 3.05) is 52.9 Å². The lowest BCUT2D eigenvalue weighted by molar-refractivity contribution is -0.131. The molecule has 0 unspecified atom stereocenters. The van der Waals surface area contributed by atoms with Crippen molar-refractivity contribution >= 4 is 16.7 Å². The average molecular weight is 451 g/mol. The van der Waals surface area contributed by atoms with E-state index in [0.29, 0.717) is 12.3 Å². The molecule has 2 aliphatic rings. The van der Waals surface area contributed by atoms with Gasteiger partial charge in [-0.05, 0) is 94.0 Å². The van der Waals surface area contributed by atoms with Crippen molar-refractivity contribution in [1.29, 1.82) is 0 Å². The minimum Gasteiger partial charge on any atom is -0.342 e. The molecule has 0 radical (unpaired) electrons. The summed E-state index contributed by atoms with van der Waals surface area (Å²) in [6.07, 6.45) is 7.91. The Kier molecular flexibility index (Phi) is 9.16. The van der Waals surface area contributed by atoms with Gasteiger partial charge in [-0.1, -0.05) is 42.5 Å². The van der Waals surface area contributed by atoms with Crippen LogP contribution in [0.1, 0.15) is 44.1 Å². The zero-order chi connectivity index (χ0) is 22.9. The zero-order valence-electron chi connectivity index (χ0n) is 20.4. The first-order valence-electron chi connectivity index (χ1n) is 13.1. The van der Waals surface area contributed by atoms with Crippen LogP contribution in [0.2, 0.25) is 0 Å². The van der Waals surface area contributed by atoms with E-state index in [9.17, 15) is 4.79 Å². The van der Waals surface area contributed by atoms with Gasteiger partial charge in [-0.25, -0.2) is 0 Å². The Hall–Kier alpha value is -1.95. The Morgan fingerprint density at radius 1 is 0.909 bits per heavy atom. The molecule has 2 aromatic rings. The highest BCUT2D eigenvalue weighted by Crippen LogP contribution is 2.21. The topological polar surface area (TPSA) is 47.6 Å². The number of carbonyl (C=O) groups is 1. The van der Waals surface area contributed by atoms with Crippen LogP contribution in [0.25, 0.3) is 10.8 Å². The molecule has 180 valence electrons. The van der Waals surface area contributed by atoms with Crippen LogP contribution in [0.4, 0.5) is 0 Å². The first-order valence-corrected chi connectivity index (χ1v) is 13.1. The molecule has 2 fully saturated rings. The molecule has 5 nitrogen and oxygen atoms in total. The third-order valence-corrected chi connectivity index (χ3v) is 7.63. The number of hydrogen-bond acceptors (Lipinski definition) is 4. The van der Waals surface area contributed by atoms with Crippen molar-refractivity contribution in [3.05, 3.63) is 48.0 Å². The van der Waals surface area contributed by atoms with Gasteiger partial charge in [0.2, 0.25) is 5.91 Å². The molecular formula is C28H42N4O. The maximum Gasteiger partial charge on any atom is 0.227 e. The highest BCUT2D eigenvalue weighted by atomic mass is 16.2. The molecule has 2 aromatic carbocycles. The van der Waals surface area contributed by atoms with E-state index in [0.717, 1.165) is 63.7 Å². The maximum absolute atomic E-state index is 12.9. The Morgan fingerprint density at radius 3 is 2.39 bits per heavy atom. The van der Waals surface area contributed by atoms with Gasteiger partial charge in [0.1, 0.15) is 0 Å². The van der Waals surface area contributed by atoms with Gasteiger partial charge in [0.05, 0.1) is 6.42 Å². The Morgan fingerprint density at radius 2 is 1.64 bits per heavy atom. The van der Waals surface area contributed by atoms with Crippen molar-refractivity contribution in [3.63, 3.8) is 0 Å². The summed E-state index contributed by atoms with van der Waals surface area (Å²) in [4.78, 5) is 17.5. The molecule has 5 heteroatoms. The van der Waals surface area contributed by atoms with E-state index in [2.05, 4.69) is 69.9 Å². The van der Waals surface area contributed by atoms with E-state index in [1.807, 2.05) is 0 Å². The normalized spacial score (nSPS) is 20.0. The Labute approximate surface area is 199 Å². The number of nitrogens with zero attached hydrogens (tertiary/aromatic N) is 2. The number of carbonyl (C=O) groups excluding carboxylic acids is 1. The maximum atomic E-state index is 12.9. The van der Waals surface area contributed by atoms with E-state index in [-0.39, 0.29) is 5.91 Å². The van der Waals surface area contributed by atoms with Crippen molar-refractivity contribution < 1.29 is 4.79 Å². The lowest BCUT2D eigenvalue weighted by atomic mass is 9.95. The lowest BCUT2D eigenvalue weighted by Gasteiger charge is -2.32. The number of likely N-dealkylation sites (tertiary alicyclic amines) is 2. The molecule has 4 rings (SSSR count). The number of unbranched alkanes of at least 4 members (excludes halogenated alkanes) is 1. The van der Waals surface area contributed by atoms with Crippen molar-refractivity contribution in [3.8, 4) is 0 Å². The number of amides is 1. The molecule has 0 aromatic heterocycles. The van der Waals surface area contributed by atoms with E-state index in [4.69, 9.17) is 0 Å². The first kappa shape index (κ1) is 24.2. The van der Waals surface area contributed by atoms with Gasteiger partial charge in [-0.15, -0.1) is 0 Å². The van der Waals surface area contributed by atoms with Gasteiger partial charge in [0.25, 0.3) is 0 Å². The zero-order valence-corrected chi connectivity index (χ0v) is 20.4. The second-order valence-electron chi connectivity index (χ2n) is 10.0. The van der Waals surface area contributed by atoms with E-state index >= 15 is 0 Å². The largest absolute Gasteiger partial charge is 0.342 e. The van der Waals surface area contributed by atoms with Gasteiger partial charge in [0.15, 0.2) is 0 Å². The van der Waals surface area contributed by atoms with Crippen LogP contribution in [-0.2, 0) is 11.2 Å². The fourth-order valence-electron chi connectivity index (χ4n) is 5.42. The van der Waals surface area contributed by atoms with Crippen LogP contribution in [0.15, 0.2) is 42.5 Å². The molecular weight excluding hydrogens is 408 g/mol. The van der Waals surface area contributed by atoms with Gasteiger partial charge in [0, 0.05) is 25.7 Å². The van der Waals surface area contributed by atoms with E-state index < -0.39 is 0 Å². The van der Waals surface area contributed by atoms with Gasteiger partial charge < -0.3 is 20.4 Å². The summed E-state index contributed by atoms with van der Waals surface area (Å²) in [5.74, 6) is 0.969. The second-order valence-corrected chi connectivity index (χ2v) is 10.0. The summed E-state index contributed by atoms with van der Waals surface area (Å²) in [5.41, 5.74) is 1.15. The summed E-state index contributed by atoms with van der Waals surface area (Å²) in [5, 5.41) is 9.71. The molecule has 2 heterocycles. The van der Waals surface area contributed by atoms with Crippen LogP contribution in [0, 0.1) is 5.92 Å². The smallest absolute Gasteiger partial charge is 0.227 e. The molecule has 2 aliphatic heterocycles. The summed E-state index contributed by atoms with van der Waals surface area (Å²) in [7, 11) is 2.24. The Balaban J connectivity index is 1.06. The van der Waals surface area contributed by atoms with E-state index in [1.54, 1.807) is 0 Å². The third kappa shape index (κ3) is 7.02. The predicted octanol–water partition coefficient (Wildman–Crippen LogP) is 3.67. The standard InChI is InChI=1S/C28H42N4O/c1-31-17-7-11-26(31)22-30-16-5-4-15-29-21-23-13-18-32(19-14-23)28(33)20-25-10-6-9-24-8-2-3-12-27(24)25/h2-3,6,8-10,12,23,26,29-30H,4-5,7,11,13-22H2,1H3/t26-/m0/s1. The number of benzene rings is 2. The molecule has 33 heavy (non-hydrogen) atoms. The molecule has 0 aliphatic carbocycles. The highest BCUT2D eigenvalue weighted by Gasteiger charge is 2.23. The van der Waals surface area contributed by atoms with E-state index in [1.165, 1.54) is 43.0 Å². The van der Waals surface area contributed by atoms with Crippen molar-refractivity contribution in [1.82, 2.24) is 20.4 Å². The Bertz CT molecular complexity index is 872. The van der Waals surface area contributed by atoms with Crippen LogP contribution in [0.5, 0.6) is 0 Å².